The van der Waals surface area contributed by atoms with Gasteiger partial charge in [0.05, 0.1) is 16.8 Å². The number of hydrogen-bond acceptors (Lipinski definition) is 3. The van der Waals surface area contributed by atoms with Crippen molar-refractivity contribution in [3.63, 3.8) is 0 Å². The van der Waals surface area contributed by atoms with Crippen LogP contribution in [0.3, 0.4) is 0 Å². The van der Waals surface area contributed by atoms with Crippen LogP contribution in [-0.4, -0.2) is 36.8 Å². The zero-order valence-corrected chi connectivity index (χ0v) is 27.9. The number of halogens is 2. The van der Waals surface area contributed by atoms with E-state index in [9.17, 15) is 4.79 Å². The summed E-state index contributed by atoms with van der Waals surface area (Å²) < 4.78 is 7.20. The van der Waals surface area contributed by atoms with E-state index in [1.54, 1.807) is 6.20 Å². The molecule has 2 heterocycles. The first-order valence-corrected chi connectivity index (χ1v) is 17.7. The van der Waals surface area contributed by atoms with E-state index in [4.69, 9.17) is 32.6 Å². The van der Waals surface area contributed by atoms with Gasteiger partial charge < -0.3 is 9.33 Å². The summed E-state index contributed by atoms with van der Waals surface area (Å²) in [6.07, 6.45) is 3.57. The lowest BCUT2D eigenvalue weighted by Crippen LogP contribution is -2.66. The Hall–Kier alpha value is -2.96. The van der Waals surface area contributed by atoms with Gasteiger partial charge >= 0.3 is 0 Å². The first-order valence-electron chi connectivity index (χ1n) is 15.0. The fourth-order valence-electron chi connectivity index (χ4n) is 6.72. The van der Waals surface area contributed by atoms with Crippen LogP contribution in [0, 0.1) is 0 Å². The minimum Gasteiger partial charge on any atom is -0.407 e. The summed E-state index contributed by atoms with van der Waals surface area (Å²) in [6, 6.07) is 32.8. The predicted molar refractivity (Wildman–Crippen MR) is 180 cm³/mol. The van der Waals surface area contributed by atoms with Crippen LogP contribution in [0.25, 0.3) is 0 Å². The van der Waals surface area contributed by atoms with Gasteiger partial charge in [0.25, 0.3) is 8.32 Å². The second-order valence-corrected chi connectivity index (χ2v) is 17.7. The van der Waals surface area contributed by atoms with Crippen LogP contribution in [0.2, 0.25) is 15.1 Å². The highest BCUT2D eigenvalue weighted by molar-refractivity contribution is 6.99. The van der Waals surface area contributed by atoms with Crippen LogP contribution >= 0.6 is 23.2 Å². The highest BCUT2D eigenvalue weighted by Gasteiger charge is 2.50. The molecule has 5 rings (SSSR count). The molecule has 4 aromatic rings. The standard InChI is InChI=1S/C36H40Cl2N2O2Si/c1-26(22-23-42-43(36(2,3)4,30-14-7-5-8-15-30)31-16-9-6-10-17-31)40-34(41)21-19-32(27-12-11-13-28(37)24-27)35(40)33-20-18-29(38)25-39-33/h5-18,20,24-26,32,35H,19,21-23H2,1-4H3/t26-,32?,35?/m0/s1. The molecule has 224 valence electrons. The zero-order valence-electron chi connectivity index (χ0n) is 25.3. The molecule has 2 unspecified atom stereocenters. The number of carbonyl (C=O) groups excluding carboxylic acids is 1. The second-order valence-electron chi connectivity index (χ2n) is 12.5. The minimum absolute atomic E-state index is 0.0603. The number of likely N-dealkylation sites (tertiary alicyclic amines) is 1. The van der Waals surface area contributed by atoms with Crippen molar-refractivity contribution in [3.05, 3.63) is 125 Å². The van der Waals surface area contributed by atoms with Gasteiger partial charge in [0, 0.05) is 36.2 Å². The Bertz CT molecular complexity index is 1470. The number of pyridine rings is 1. The summed E-state index contributed by atoms with van der Waals surface area (Å²) in [5, 5.41) is 3.64. The van der Waals surface area contributed by atoms with Crippen molar-refractivity contribution in [1.82, 2.24) is 9.88 Å². The van der Waals surface area contributed by atoms with Gasteiger partial charge in [-0.05, 0) is 65.0 Å². The fourth-order valence-corrected chi connectivity index (χ4v) is 11.6. The summed E-state index contributed by atoms with van der Waals surface area (Å²) in [5.74, 6) is 0.197. The van der Waals surface area contributed by atoms with E-state index in [-0.39, 0.29) is 28.9 Å². The molecule has 3 aromatic carbocycles. The van der Waals surface area contributed by atoms with Crippen molar-refractivity contribution in [2.75, 3.05) is 6.61 Å². The third-order valence-electron chi connectivity index (χ3n) is 8.71. The van der Waals surface area contributed by atoms with Gasteiger partial charge in [0.1, 0.15) is 0 Å². The predicted octanol–water partition coefficient (Wildman–Crippen LogP) is 8.19. The maximum atomic E-state index is 13.7. The highest BCUT2D eigenvalue weighted by atomic mass is 35.5. The van der Waals surface area contributed by atoms with Gasteiger partial charge in [-0.15, -0.1) is 0 Å². The largest absolute Gasteiger partial charge is 0.407 e. The molecule has 4 nitrogen and oxygen atoms in total. The first kappa shape index (κ1) is 31.5. The summed E-state index contributed by atoms with van der Waals surface area (Å²) in [4.78, 5) is 20.5. The Morgan fingerprint density at radius 1 is 0.907 bits per heavy atom. The van der Waals surface area contributed by atoms with E-state index >= 15 is 0 Å². The highest BCUT2D eigenvalue weighted by Crippen LogP contribution is 2.44. The molecule has 1 aromatic heterocycles. The molecule has 43 heavy (non-hydrogen) atoms. The Morgan fingerprint density at radius 2 is 1.56 bits per heavy atom. The summed E-state index contributed by atoms with van der Waals surface area (Å²) >= 11 is 12.7. The number of benzene rings is 3. The van der Waals surface area contributed by atoms with Crippen LogP contribution in [0.4, 0.5) is 0 Å². The van der Waals surface area contributed by atoms with Crippen molar-refractivity contribution in [2.45, 2.75) is 70.0 Å². The molecule has 7 heteroatoms. The lowest BCUT2D eigenvalue weighted by atomic mass is 9.80. The third-order valence-corrected chi connectivity index (χ3v) is 14.2. The molecule has 3 atom stereocenters. The Balaban J connectivity index is 1.47. The molecule has 0 aliphatic carbocycles. The second kappa shape index (κ2) is 13.4. The Labute approximate surface area is 267 Å². The smallest absolute Gasteiger partial charge is 0.261 e. The van der Waals surface area contributed by atoms with Crippen molar-refractivity contribution < 1.29 is 9.22 Å². The summed E-state index contributed by atoms with van der Waals surface area (Å²) in [7, 11) is -2.69. The van der Waals surface area contributed by atoms with Crippen LogP contribution in [0.15, 0.2) is 103 Å². The molecule has 0 N–H and O–H groups in total. The molecule has 0 radical (unpaired) electrons. The zero-order chi connectivity index (χ0) is 30.6. The van der Waals surface area contributed by atoms with Gasteiger partial charge in [-0.1, -0.05) is 117 Å². The van der Waals surface area contributed by atoms with Crippen molar-refractivity contribution in [3.8, 4) is 0 Å². The van der Waals surface area contributed by atoms with Crippen LogP contribution in [0.5, 0.6) is 0 Å². The Kier molecular flexibility index (Phi) is 9.77. The van der Waals surface area contributed by atoms with E-state index in [2.05, 4.69) is 94.4 Å². The molecule has 1 aliphatic rings. The molecule has 1 amide bonds. The molecule has 0 saturated carbocycles. The van der Waals surface area contributed by atoms with Crippen molar-refractivity contribution in [1.29, 1.82) is 0 Å². The Morgan fingerprint density at radius 3 is 2.12 bits per heavy atom. The van der Waals surface area contributed by atoms with Crippen LogP contribution < -0.4 is 10.4 Å². The van der Waals surface area contributed by atoms with Gasteiger partial charge in [-0.25, -0.2) is 0 Å². The number of rotatable bonds is 9. The SMILES string of the molecule is C[C@@H](CCO[Si](c1ccccc1)(c1ccccc1)C(C)(C)C)N1C(=O)CCC(c2cccc(Cl)c2)C1c1ccc(Cl)cn1. The van der Waals surface area contributed by atoms with Crippen molar-refractivity contribution in [2.24, 2.45) is 0 Å². The molecule has 1 fully saturated rings. The first-order chi connectivity index (χ1) is 20.6. The summed E-state index contributed by atoms with van der Waals surface area (Å²) in [6.45, 7) is 9.52. The molecule has 0 bridgehead atoms. The topological polar surface area (TPSA) is 42.4 Å². The van der Waals surface area contributed by atoms with Gasteiger partial charge in [0.15, 0.2) is 0 Å². The molecule has 1 saturated heterocycles. The summed E-state index contributed by atoms with van der Waals surface area (Å²) in [5.41, 5.74) is 1.95. The molecular weight excluding hydrogens is 591 g/mol. The van der Waals surface area contributed by atoms with Crippen LogP contribution in [-0.2, 0) is 9.22 Å². The maximum absolute atomic E-state index is 13.7. The van der Waals surface area contributed by atoms with Gasteiger partial charge in [-0.2, -0.15) is 0 Å². The molecule has 1 aliphatic heterocycles. The van der Waals surface area contributed by atoms with E-state index in [1.165, 1.54) is 10.4 Å². The lowest BCUT2D eigenvalue weighted by molar-refractivity contribution is -0.140. The minimum atomic E-state index is -2.69. The average molecular weight is 632 g/mol. The third kappa shape index (κ3) is 6.61. The average Bonchev–Trinajstić information content (AvgIpc) is 3.00. The fraction of sp³-hybridized carbons (Fsp3) is 0.333. The number of piperidine rings is 1. The van der Waals surface area contributed by atoms with Gasteiger partial charge in [-0.3, -0.25) is 9.78 Å². The van der Waals surface area contributed by atoms with E-state index < -0.39 is 8.32 Å². The lowest BCUT2D eigenvalue weighted by Gasteiger charge is -2.46. The van der Waals surface area contributed by atoms with Crippen molar-refractivity contribution >= 4 is 47.8 Å². The molecular formula is C36H40Cl2N2O2Si. The van der Waals surface area contributed by atoms with E-state index in [0.29, 0.717) is 29.5 Å². The number of hydrogen-bond donors (Lipinski definition) is 0. The monoisotopic (exact) mass is 630 g/mol. The van der Waals surface area contributed by atoms with Crippen LogP contribution in [0.1, 0.15) is 70.2 Å². The van der Waals surface area contributed by atoms with E-state index in [1.807, 2.05) is 35.2 Å². The normalized spacial score (nSPS) is 18.5. The van der Waals surface area contributed by atoms with E-state index in [0.717, 1.165) is 17.7 Å². The number of carbonyl (C=O) groups is 1. The number of aromatic nitrogens is 1. The number of amides is 1. The van der Waals surface area contributed by atoms with Gasteiger partial charge in [0.2, 0.25) is 5.91 Å². The quantitative estimate of drug-likeness (QED) is 0.175. The maximum Gasteiger partial charge on any atom is 0.261 e. The number of nitrogens with zero attached hydrogens (tertiary/aromatic N) is 2. The molecule has 0 spiro atoms.